The highest BCUT2D eigenvalue weighted by Gasteiger charge is 2.35. The van der Waals surface area contributed by atoms with Gasteiger partial charge in [0.1, 0.15) is 0 Å². The Bertz CT molecular complexity index is 489. The van der Waals surface area contributed by atoms with Gasteiger partial charge in [-0.25, -0.2) is 0 Å². The van der Waals surface area contributed by atoms with E-state index < -0.39 is 0 Å². The molecular formula is C16H21BrN2O. The van der Waals surface area contributed by atoms with E-state index in [1.807, 2.05) is 24.3 Å². The molecule has 1 N–H and O–H groups in total. The molecule has 108 valence electrons. The summed E-state index contributed by atoms with van der Waals surface area (Å²) in [7, 11) is 0. The fraction of sp³-hybridized carbons (Fsp3) is 0.562. The number of carbonyl (C=O) groups is 1. The van der Waals surface area contributed by atoms with Crippen LogP contribution >= 0.6 is 15.9 Å². The molecule has 4 heteroatoms. The van der Waals surface area contributed by atoms with Gasteiger partial charge >= 0.3 is 0 Å². The topological polar surface area (TPSA) is 32.3 Å². The third kappa shape index (κ3) is 3.07. The highest BCUT2D eigenvalue weighted by molar-refractivity contribution is 9.10. The Morgan fingerprint density at radius 2 is 2.20 bits per heavy atom. The Labute approximate surface area is 128 Å². The van der Waals surface area contributed by atoms with Gasteiger partial charge in [-0.3, -0.25) is 4.79 Å². The third-order valence-corrected chi connectivity index (χ3v) is 4.95. The molecule has 1 heterocycles. The van der Waals surface area contributed by atoms with Crippen molar-refractivity contribution in [3.63, 3.8) is 0 Å². The molecule has 2 fully saturated rings. The van der Waals surface area contributed by atoms with Gasteiger partial charge < -0.3 is 10.2 Å². The molecule has 2 aliphatic rings. The van der Waals surface area contributed by atoms with Crippen LogP contribution in [0.3, 0.4) is 0 Å². The van der Waals surface area contributed by atoms with Gasteiger partial charge in [0, 0.05) is 29.6 Å². The fourth-order valence-corrected chi connectivity index (χ4v) is 3.94. The zero-order valence-corrected chi connectivity index (χ0v) is 13.2. The molecule has 0 bridgehead atoms. The molecule has 3 rings (SSSR count). The van der Waals surface area contributed by atoms with Crippen molar-refractivity contribution < 1.29 is 4.79 Å². The maximum Gasteiger partial charge on any atom is 0.227 e. The van der Waals surface area contributed by atoms with E-state index in [0.29, 0.717) is 18.5 Å². The number of benzene rings is 1. The number of hydrogen-bond donors (Lipinski definition) is 1. The van der Waals surface area contributed by atoms with Crippen molar-refractivity contribution in [2.75, 3.05) is 13.1 Å². The number of amides is 1. The van der Waals surface area contributed by atoms with Crippen LogP contribution in [0.5, 0.6) is 0 Å². The molecule has 1 saturated carbocycles. The van der Waals surface area contributed by atoms with Gasteiger partial charge in [0.15, 0.2) is 0 Å². The van der Waals surface area contributed by atoms with Crippen LogP contribution in [0.2, 0.25) is 0 Å². The van der Waals surface area contributed by atoms with Gasteiger partial charge in [-0.2, -0.15) is 0 Å². The predicted molar refractivity (Wildman–Crippen MR) is 83.6 cm³/mol. The largest absolute Gasteiger partial charge is 0.337 e. The van der Waals surface area contributed by atoms with Crippen LogP contribution in [-0.4, -0.2) is 36.0 Å². The molecule has 1 aromatic rings. The van der Waals surface area contributed by atoms with Crippen molar-refractivity contribution in [1.29, 1.82) is 0 Å². The SMILES string of the molecule is O=C(Cc1cccc(Br)c1)N1CCNC2CCCCC21. The number of halogens is 1. The van der Waals surface area contributed by atoms with E-state index in [-0.39, 0.29) is 5.91 Å². The molecule has 0 spiro atoms. The van der Waals surface area contributed by atoms with E-state index in [9.17, 15) is 4.79 Å². The Kier molecular flexibility index (Phi) is 4.41. The minimum atomic E-state index is 0.279. The Balaban J connectivity index is 1.69. The van der Waals surface area contributed by atoms with E-state index in [2.05, 4.69) is 26.1 Å². The molecule has 1 aromatic carbocycles. The molecule has 1 aliphatic heterocycles. The predicted octanol–water partition coefficient (Wildman–Crippen LogP) is 2.73. The highest BCUT2D eigenvalue weighted by atomic mass is 79.9. The second-order valence-electron chi connectivity index (χ2n) is 5.81. The summed E-state index contributed by atoms with van der Waals surface area (Å²) in [5.41, 5.74) is 1.09. The second-order valence-corrected chi connectivity index (χ2v) is 6.72. The van der Waals surface area contributed by atoms with Crippen molar-refractivity contribution in [1.82, 2.24) is 10.2 Å². The first-order valence-corrected chi connectivity index (χ1v) is 8.30. The summed E-state index contributed by atoms with van der Waals surface area (Å²) in [6.45, 7) is 1.79. The van der Waals surface area contributed by atoms with Gasteiger partial charge in [-0.15, -0.1) is 0 Å². The summed E-state index contributed by atoms with van der Waals surface area (Å²) in [5, 5.41) is 3.58. The smallest absolute Gasteiger partial charge is 0.227 e. The number of carbonyl (C=O) groups excluding carboxylic acids is 1. The monoisotopic (exact) mass is 336 g/mol. The number of nitrogens with zero attached hydrogens (tertiary/aromatic N) is 1. The fourth-order valence-electron chi connectivity index (χ4n) is 3.49. The number of hydrogen-bond acceptors (Lipinski definition) is 2. The van der Waals surface area contributed by atoms with Crippen LogP contribution in [0.15, 0.2) is 28.7 Å². The van der Waals surface area contributed by atoms with Gasteiger partial charge in [-0.1, -0.05) is 40.9 Å². The quantitative estimate of drug-likeness (QED) is 0.900. The van der Waals surface area contributed by atoms with Crippen LogP contribution in [0.25, 0.3) is 0 Å². The zero-order chi connectivity index (χ0) is 13.9. The summed E-state index contributed by atoms with van der Waals surface area (Å²) in [6.07, 6.45) is 5.43. The Morgan fingerprint density at radius 1 is 1.35 bits per heavy atom. The summed E-state index contributed by atoms with van der Waals surface area (Å²) in [6, 6.07) is 8.99. The van der Waals surface area contributed by atoms with Gasteiger partial charge in [-0.05, 0) is 30.5 Å². The number of rotatable bonds is 2. The molecule has 0 aromatic heterocycles. The lowest BCUT2D eigenvalue weighted by Gasteiger charge is -2.44. The number of nitrogens with one attached hydrogen (secondary N) is 1. The first-order chi connectivity index (χ1) is 9.74. The first-order valence-electron chi connectivity index (χ1n) is 7.51. The average molecular weight is 337 g/mol. The molecule has 3 nitrogen and oxygen atoms in total. The van der Waals surface area contributed by atoms with Gasteiger partial charge in [0.05, 0.1) is 6.42 Å². The summed E-state index contributed by atoms with van der Waals surface area (Å²) in [5.74, 6) is 0.279. The number of fused-ring (bicyclic) bond motifs is 1. The third-order valence-electron chi connectivity index (χ3n) is 4.45. The van der Waals surface area contributed by atoms with E-state index >= 15 is 0 Å². The van der Waals surface area contributed by atoms with E-state index in [1.165, 1.54) is 19.3 Å². The van der Waals surface area contributed by atoms with E-state index in [4.69, 9.17) is 0 Å². The summed E-state index contributed by atoms with van der Waals surface area (Å²) in [4.78, 5) is 14.7. The molecule has 2 atom stereocenters. The van der Waals surface area contributed by atoms with Crippen molar-refractivity contribution in [2.45, 2.75) is 44.2 Å². The maximum atomic E-state index is 12.6. The van der Waals surface area contributed by atoms with E-state index in [1.54, 1.807) is 0 Å². The molecular weight excluding hydrogens is 316 g/mol. The normalized spacial score (nSPS) is 26.1. The Morgan fingerprint density at radius 3 is 3.05 bits per heavy atom. The molecule has 2 unspecified atom stereocenters. The standard InChI is InChI=1S/C16H21BrN2O/c17-13-5-3-4-12(10-13)11-16(20)19-9-8-18-14-6-1-2-7-15(14)19/h3-5,10,14-15,18H,1-2,6-9,11H2. The molecule has 1 saturated heterocycles. The van der Waals surface area contributed by atoms with Crippen molar-refractivity contribution in [3.8, 4) is 0 Å². The maximum absolute atomic E-state index is 12.6. The zero-order valence-electron chi connectivity index (χ0n) is 11.6. The minimum Gasteiger partial charge on any atom is -0.337 e. The van der Waals surface area contributed by atoms with Crippen molar-refractivity contribution >= 4 is 21.8 Å². The van der Waals surface area contributed by atoms with Crippen molar-refractivity contribution in [3.05, 3.63) is 34.3 Å². The second kappa shape index (κ2) is 6.27. The van der Waals surface area contributed by atoms with Crippen LogP contribution < -0.4 is 5.32 Å². The Hall–Kier alpha value is -0.870. The molecule has 1 amide bonds. The molecule has 20 heavy (non-hydrogen) atoms. The summed E-state index contributed by atoms with van der Waals surface area (Å²) < 4.78 is 1.04. The van der Waals surface area contributed by atoms with E-state index in [0.717, 1.165) is 29.5 Å². The van der Waals surface area contributed by atoms with Crippen LogP contribution in [-0.2, 0) is 11.2 Å². The average Bonchev–Trinajstić information content (AvgIpc) is 2.46. The summed E-state index contributed by atoms with van der Waals surface area (Å²) >= 11 is 3.47. The lowest BCUT2D eigenvalue weighted by Crippen LogP contribution is -2.60. The van der Waals surface area contributed by atoms with Gasteiger partial charge in [0.25, 0.3) is 0 Å². The van der Waals surface area contributed by atoms with Crippen LogP contribution in [0, 0.1) is 0 Å². The lowest BCUT2D eigenvalue weighted by atomic mass is 9.87. The van der Waals surface area contributed by atoms with Crippen LogP contribution in [0.1, 0.15) is 31.2 Å². The molecule has 0 radical (unpaired) electrons. The van der Waals surface area contributed by atoms with Crippen molar-refractivity contribution in [2.24, 2.45) is 0 Å². The van der Waals surface area contributed by atoms with Gasteiger partial charge in [0.2, 0.25) is 5.91 Å². The minimum absolute atomic E-state index is 0.279. The highest BCUT2D eigenvalue weighted by Crippen LogP contribution is 2.26. The van der Waals surface area contributed by atoms with Crippen LogP contribution in [0.4, 0.5) is 0 Å². The first kappa shape index (κ1) is 14.1. The lowest BCUT2D eigenvalue weighted by molar-refractivity contribution is -0.135. The molecule has 1 aliphatic carbocycles. The number of piperazine rings is 1.